The molecule has 0 unspecified atom stereocenters. The van der Waals surface area contributed by atoms with Gasteiger partial charge in [-0.2, -0.15) is 0 Å². The van der Waals surface area contributed by atoms with Gasteiger partial charge in [-0.15, -0.1) is 0 Å². The van der Waals surface area contributed by atoms with E-state index in [1.54, 1.807) is 0 Å². The molecule has 0 amide bonds. The van der Waals surface area contributed by atoms with E-state index in [2.05, 4.69) is 9.97 Å². The maximum atomic E-state index is 5.96. The molecule has 2 aromatic carbocycles. The highest BCUT2D eigenvalue weighted by Gasteiger charge is 2.09. The molecule has 0 saturated heterocycles. The zero-order valence-corrected chi connectivity index (χ0v) is 11.4. The van der Waals surface area contributed by atoms with E-state index in [1.165, 1.54) is 11.8 Å². The third-order valence-corrected chi connectivity index (χ3v) is 3.93. The number of rotatable bonds is 2. The van der Waals surface area contributed by atoms with E-state index in [9.17, 15) is 0 Å². The number of nitrogen functional groups attached to an aromatic ring is 1. The number of halogens is 1. The molecule has 0 aliphatic carbocycles. The molecule has 0 aliphatic rings. The Morgan fingerprint density at radius 3 is 2.53 bits per heavy atom. The molecule has 0 bridgehead atoms. The van der Waals surface area contributed by atoms with Crippen molar-refractivity contribution < 1.29 is 0 Å². The van der Waals surface area contributed by atoms with Crippen LogP contribution in [0.1, 0.15) is 0 Å². The highest BCUT2D eigenvalue weighted by Crippen LogP contribution is 2.34. The van der Waals surface area contributed by atoms with Crippen LogP contribution in [-0.4, -0.2) is 9.97 Å². The van der Waals surface area contributed by atoms with Gasteiger partial charge in [0.25, 0.3) is 0 Å². The van der Waals surface area contributed by atoms with Gasteiger partial charge in [0.2, 0.25) is 5.28 Å². The molecule has 0 spiro atoms. The van der Waals surface area contributed by atoms with E-state index in [0.29, 0.717) is 0 Å². The predicted octanol–water partition coefficient (Wildman–Crippen LogP) is 4.02. The number of benzene rings is 2. The average Bonchev–Trinajstić information content (AvgIpc) is 2.41. The third kappa shape index (κ3) is 2.50. The number of hydrogen-bond donors (Lipinski definition) is 1. The molecular formula is C14H10ClN3S. The Balaban J connectivity index is 2.13. The summed E-state index contributed by atoms with van der Waals surface area (Å²) >= 11 is 7.46. The van der Waals surface area contributed by atoms with Crippen LogP contribution in [0.3, 0.4) is 0 Å². The number of hydrogen-bond acceptors (Lipinski definition) is 4. The van der Waals surface area contributed by atoms with Crippen LogP contribution in [0.5, 0.6) is 0 Å². The van der Waals surface area contributed by atoms with Crippen LogP contribution in [0.2, 0.25) is 5.28 Å². The van der Waals surface area contributed by atoms with E-state index in [-0.39, 0.29) is 5.28 Å². The summed E-state index contributed by atoms with van der Waals surface area (Å²) in [7, 11) is 0. The van der Waals surface area contributed by atoms with Crippen molar-refractivity contribution in [3.05, 3.63) is 53.8 Å². The number of anilines is 1. The second kappa shape index (κ2) is 5.07. The van der Waals surface area contributed by atoms with Crippen LogP contribution in [0, 0.1) is 0 Å². The molecule has 1 heterocycles. The predicted molar refractivity (Wildman–Crippen MR) is 79.5 cm³/mol. The van der Waals surface area contributed by atoms with Crippen LogP contribution in [0.25, 0.3) is 10.9 Å². The van der Waals surface area contributed by atoms with Gasteiger partial charge in [-0.25, -0.2) is 9.97 Å². The lowest BCUT2D eigenvalue weighted by Crippen LogP contribution is -1.91. The van der Waals surface area contributed by atoms with Gasteiger partial charge < -0.3 is 5.73 Å². The Morgan fingerprint density at radius 2 is 1.68 bits per heavy atom. The smallest absolute Gasteiger partial charge is 0.224 e. The van der Waals surface area contributed by atoms with Crippen LogP contribution in [0.4, 0.5) is 5.69 Å². The first-order valence-electron chi connectivity index (χ1n) is 5.69. The molecule has 2 N–H and O–H groups in total. The standard InChI is InChI=1S/C14H10ClN3S/c15-14-17-11-7-3-1-5-9(11)13(18-14)19-12-8-4-2-6-10(12)16/h1-8H,16H2. The lowest BCUT2D eigenvalue weighted by molar-refractivity contribution is 1.10. The lowest BCUT2D eigenvalue weighted by Gasteiger charge is -2.07. The van der Waals surface area contributed by atoms with Gasteiger partial charge in [0, 0.05) is 16.0 Å². The quantitative estimate of drug-likeness (QED) is 0.439. The minimum absolute atomic E-state index is 0.246. The Bertz CT molecular complexity index is 746. The average molecular weight is 288 g/mol. The molecule has 0 aliphatic heterocycles. The summed E-state index contributed by atoms with van der Waals surface area (Å²) in [6, 6.07) is 15.5. The van der Waals surface area contributed by atoms with E-state index in [4.69, 9.17) is 17.3 Å². The van der Waals surface area contributed by atoms with Crippen molar-refractivity contribution in [3.63, 3.8) is 0 Å². The van der Waals surface area contributed by atoms with Crippen LogP contribution in [-0.2, 0) is 0 Å². The highest BCUT2D eigenvalue weighted by molar-refractivity contribution is 7.99. The van der Waals surface area contributed by atoms with Gasteiger partial charge in [-0.1, -0.05) is 42.1 Å². The Kier molecular flexibility index (Phi) is 3.27. The Labute approximate surface area is 119 Å². The molecule has 3 aromatic rings. The first kappa shape index (κ1) is 12.3. The fourth-order valence-corrected chi connectivity index (χ4v) is 2.96. The number of nitrogens with zero attached hydrogens (tertiary/aromatic N) is 2. The zero-order chi connectivity index (χ0) is 13.2. The van der Waals surface area contributed by atoms with Crippen molar-refractivity contribution in [2.75, 3.05) is 5.73 Å². The zero-order valence-electron chi connectivity index (χ0n) is 9.88. The summed E-state index contributed by atoms with van der Waals surface area (Å²) in [4.78, 5) is 9.47. The number of para-hydroxylation sites is 2. The van der Waals surface area contributed by atoms with Crippen LogP contribution < -0.4 is 5.73 Å². The van der Waals surface area contributed by atoms with E-state index < -0.39 is 0 Å². The monoisotopic (exact) mass is 287 g/mol. The Morgan fingerprint density at radius 1 is 0.947 bits per heavy atom. The van der Waals surface area contributed by atoms with Crippen molar-refractivity contribution in [2.45, 2.75) is 9.92 Å². The minimum atomic E-state index is 0.246. The number of nitrogens with two attached hydrogens (primary N) is 1. The molecule has 0 saturated carbocycles. The second-order valence-corrected chi connectivity index (χ2v) is 5.32. The van der Waals surface area contributed by atoms with Crippen molar-refractivity contribution in [2.24, 2.45) is 0 Å². The molecule has 0 atom stereocenters. The van der Waals surface area contributed by atoms with Crippen molar-refractivity contribution in [3.8, 4) is 0 Å². The van der Waals surface area contributed by atoms with Gasteiger partial charge in [0.15, 0.2) is 0 Å². The van der Waals surface area contributed by atoms with E-state index >= 15 is 0 Å². The highest BCUT2D eigenvalue weighted by atomic mass is 35.5. The molecule has 1 aromatic heterocycles. The second-order valence-electron chi connectivity index (χ2n) is 3.95. The largest absolute Gasteiger partial charge is 0.398 e. The maximum absolute atomic E-state index is 5.96. The van der Waals surface area contributed by atoms with Crippen molar-refractivity contribution in [1.82, 2.24) is 9.97 Å². The van der Waals surface area contributed by atoms with E-state index in [1.807, 2.05) is 48.5 Å². The number of fused-ring (bicyclic) bond motifs is 1. The molecule has 19 heavy (non-hydrogen) atoms. The summed E-state index contributed by atoms with van der Waals surface area (Å²) in [6.07, 6.45) is 0. The number of aromatic nitrogens is 2. The van der Waals surface area contributed by atoms with E-state index in [0.717, 1.165) is 26.5 Å². The van der Waals surface area contributed by atoms with Gasteiger partial charge in [-0.05, 0) is 29.8 Å². The fourth-order valence-electron chi connectivity index (χ4n) is 1.78. The summed E-state index contributed by atoms with van der Waals surface area (Å²) in [5, 5.41) is 2.03. The molecule has 3 nitrogen and oxygen atoms in total. The first-order chi connectivity index (χ1) is 9.24. The maximum Gasteiger partial charge on any atom is 0.224 e. The Hall–Kier alpha value is -1.78. The summed E-state index contributed by atoms with van der Waals surface area (Å²) in [5.74, 6) is 0. The molecular weight excluding hydrogens is 278 g/mol. The van der Waals surface area contributed by atoms with Gasteiger partial charge in [0.05, 0.1) is 5.52 Å². The normalized spacial score (nSPS) is 10.8. The van der Waals surface area contributed by atoms with Crippen molar-refractivity contribution in [1.29, 1.82) is 0 Å². The SMILES string of the molecule is Nc1ccccc1Sc1nc(Cl)nc2ccccc12. The van der Waals surface area contributed by atoms with Crippen molar-refractivity contribution >= 4 is 40.0 Å². The molecule has 94 valence electrons. The summed E-state index contributed by atoms with van der Waals surface area (Å²) in [6.45, 7) is 0. The lowest BCUT2D eigenvalue weighted by atomic mass is 10.2. The first-order valence-corrected chi connectivity index (χ1v) is 6.88. The topological polar surface area (TPSA) is 51.8 Å². The summed E-state index contributed by atoms with van der Waals surface area (Å²) in [5.41, 5.74) is 7.51. The van der Waals surface area contributed by atoms with Gasteiger partial charge in [0.1, 0.15) is 5.03 Å². The minimum Gasteiger partial charge on any atom is -0.398 e. The molecule has 0 fully saturated rings. The molecule has 3 rings (SSSR count). The van der Waals surface area contributed by atoms with Gasteiger partial charge >= 0.3 is 0 Å². The fraction of sp³-hybridized carbons (Fsp3) is 0. The summed E-state index contributed by atoms with van der Waals surface area (Å²) < 4.78 is 0. The van der Waals surface area contributed by atoms with Crippen LogP contribution >= 0.6 is 23.4 Å². The molecule has 5 heteroatoms. The molecule has 0 radical (unpaired) electrons. The third-order valence-electron chi connectivity index (χ3n) is 2.67. The van der Waals surface area contributed by atoms with Crippen LogP contribution in [0.15, 0.2) is 58.5 Å². The van der Waals surface area contributed by atoms with Gasteiger partial charge in [-0.3, -0.25) is 0 Å².